The Labute approximate surface area is 119 Å². The molecule has 8 heteroatoms. The van der Waals surface area contributed by atoms with E-state index in [4.69, 9.17) is 24.5 Å². The van der Waals surface area contributed by atoms with E-state index in [1.807, 2.05) is 0 Å². The number of hydrogen-bond acceptors (Lipinski definition) is 6. The van der Waals surface area contributed by atoms with Crippen LogP contribution in [-0.2, 0) is 23.7 Å². The third-order valence-corrected chi connectivity index (χ3v) is 2.11. The maximum atomic E-state index is 10.6. The molecule has 0 heterocycles. The predicted octanol–water partition coefficient (Wildman–Crippen LogP) is 1.34. The molecule has 0 saturated heterocycles. The number of carbonyl (C=O) groups is 1. The summed E-state index contributed by atoms with van der Waals surface area (Å²) in [6.45, 7) is 5.64. The fourth-order valence-electron chi connectivity index (χ4n) is 1.13. The van der Waals surface area contributed by atoms with E-state index < -0.39 is 0 Å². The van der Waals surface area contributed by atoms with Crippen molar-refractivity contribution >= 4 is 5.78 Å². The zero-order valence-electron chi connectivity index (χ0n) is 12.0. The first-order valence-corrected chi connectivity index (χ1v) is 6.58. The lowest BCUT2D eigenvalue weighted by molar-refractivity contribution is -0.118. The minimum absolute atomic E-state index is 0.126. The molecule has 0 radical (unpaired) electrons. The van der Waals surface area contributed by atoms with Gasteiger partial charge in [0.05, 0.1) is 52.9 Å². The Morgan fingerprint density at radius 2 is 1.35 bits per heavy atom. The lowest BCUT2D eigenvalue weighted by atomic mass is 10.3. The molecule has 0 N–H and O–H groups in total. The van der Waals surface area contributed by atoms with E-state index in [0.29, 0.717) is 65.8 Å². The van der Waals surface area contributed by atoms with Crippen molar-refractivity contribution in [3.8, 4) is 0 Å². The third kappa shape index (κ3) is 16.8. The summed E-state index contributed by atoms with van der Waals surface area (Å²) in [5, 5.41) is 3.33. The van der Waals surface area contributed by atoms with Gasteiger partial charge in [0.15, 0.2) is 0 Å². The molecule has 0 aliphatic rings. The first-order chi connectivity index (χ1) is 9.77. The van der Waals surface area contributed by atoms with Gasteiger partial charge >= 0.3 is 0 Å². The fourth-order valence-corrected chi connectivity index (χ4v) is 1.13. The van der Waals surface area contributed by atoms with Gasteiger partial charge < -0.3 is 18.9 Å². The van der Waals surface area contributed by atoms with Crippen LogP contribution in [0.1, 0.15) is 13.3 Å². The van der Waals surface area contributed by atoms with E-state index in [2.05, 4.69) is 10.0 Å². The van der Waals surface area contributed by atoms with Gasteiger partial charge in [-0.05, 0) is 12.5 Å². The molecule has 0 fully saturated rings. The summed E-state index contributed by atoms with van der Waals surface area (Å²) in [6, 6.07) is 0. The molecule has 0 aromatic heterocycles. The third-order valence-electron chi connectivity index (χ3n) is 2.11. The quantitative estimate of drug-likeness (QED) is 0.196. The second-order valence-electron chi connectivity index (χ2n) is 3.86. The summed E-state index contributed by atoms with van der Waals surface area (Å²) in [5.41, 5.74) is 8.02. The number of azide groups is 1. The molecule has 116 valence electrons. The Bertz CT molecular complexity index is 268. The molecule has 0 bridgehead atoms. The number of hydrogen-bond donors (Lipinski definition) is 0. The summed E-state index contributed by atoms with van der Waals surface area (Å²) in [7, 11) is 0. The van der Waals surface area contributed by atoms with E-state index in [-0.39, 0.29) is 5.78 Å². The van der Waals surface area contributed by atoms with Crippen molar-refractivity contribution < 1.29 is 23.7 Å². The Balaban J connectivity index is 2.99. The predicted molar refractivity (Wildman–Crippen MR) is 72.6 cm³/mol. The lowest BCUT2D eigenvalue weighted by Crippen LogP contribution is -2.13. The molecule has 0 aliphatic carbocycles. The van der Waals surface area contributed by atoms with Crippen molar-refractivity contribution in [3.05, 3.63) is 10.4 Å². The van der Waals surface area contributed by atoms with Crippen molar-refractivity contribution in [2.45, 2.75) is 13.3 Å². The molecular formula is C12H23N3O5. The highest BCUT2D eigenvalue weighted by Crippen LogP contribution is 1.86. The van der Waals surface area contributed by atoms with Crippen LogP contribution < -0.4 is 0 Å². The fraction of sp³-hybridized carbons (Fsp3) is 0.917. The molecular weight excluding hydrogens is 266 g/mol. The van der Waals surface area contributed by atoms with Gasteiger partial charge in [-0.1, -0.05) is 5.11 Å². The average molecular weight is 289 g/mol. The number of rotatable bonds is 15. The highest BCUT2D eigenvalue weighted by molar-refractivity contribution is 5.75. The van der Waals surface area contributed by atoms with Crippen molar-refractivity contribution in [2.24, 2.45) is 5.11 Å². The summed E-state index contributed by atoms with van der Waals surface area (Å²) in [5.74, 6) is 0.126. The molecule has 0 spiro atoms. The number of ether oxygens (including phenoxy) is 4. The van der Waals surface area contributed by atoms with Crippen molar-refractivity contribution in [1.29, 1.82) is 0 Å². The molecule has 0 unspecified atom stereocenters. The Hall–Kier alpha value is -1.18. The largest absolute Gasteiger partial charge is 0.379 e. The maximum absolute atomic E-state index is 10.6. The zero-order valence-corrected chi connectivity index (χ0v) is 12.0. The summed E-state index contributed by atoms with van der Waals surface area (Å²) in [6.07, 6.45) is 0.447. The van der Waals surface area contributed by atoms with Gasteiger partial charge in [0.2, 0.25) is 0 Å². The number of ketones is 1. The van der Waals surface area contributed by atoms with E-state index in [1.54, 1.807) is 0 Å². The van der Waals surface area contributed by atoms with Crippen LogP contribution in [0.4, 0.5) is 0 Å². The molecule has 20 heavy (non-hydrogen) atoms. The molecule has 0 aromatic carbocycles. The first kappa shape index (κ1) is 18.8. The van der Waals surface area contributed by atoms with E-state index in [1.165, 1.54) is 6.92 Å². The van der Waals surface area contributed by atoms with Gasteiger partial charge in [0, 0.05) is 17.9 Å². The van der Waals surface area contributed by atoms with Gasteiger partial charge in [-0.15, -0.1) is 0 Å². The topological polar surface area (TPSA) is 103 Å². The average Bonchev–Trinajstić information content (AvgIpc) is 2.43. The van der Waals surface area contributed by atoms with Gasteiger partial charge in [-0.3, -0.25) is 4.79 Å². The van der Waals surface area contributed by atoms with Crippen molar-refractivity contribution in [3.63, 3.8) is 0 Å². The first-order valence-electron chi connectivity index (χ1n) is 6.58. The normalized spacial score (nSPS) is 10.2. The van der Waals surface area contributed by atoms with Crippen LogP contribution in [0, 0.1) is 0 Å². The van der Waals surface area contributed by atoms with Crippen LogP contribution >= 0.6 is 0 Å². The van der Waals surface area contributed by atoms with Crippen molar-refractivity contribution in [1.82, 2.24) is 0 Å². The number of Topliss-reactive ketones (excluding diaryl/α,β-unsaturated/α-hetero) is 1. The van der Waals surface area contributed by atoms with Gasteiger partial charge in [-0.25, -0.2) is 0 Å². The van der Waals surface area contributed by atoms with Crippen LogP contribution in [-0.4, -0.2) is 65.2 Å². The molecule has 0 saturated carbocycles. The molecule has 0 atom stereocenters. The molecule has 0 aromatic rings. The summed E-state index contributed by atoms with van der Waals surface area (Å²) in [4.78, 5) is 13.2. The molecule has 0 aliphatic heterocycles. The van der Waals surface area contributed by atoms with E-state index in [0.717, 1.165) is 0 Å². The number of nitrogens with zero attached hydrogens (tertiary/aromatic N) is 3. The number of carbonyl (C=O) groups excluding carboxylic acids is 1. The maximum Gasteiger partial charge on any atom is 0.132 e. The van der Waals surface area contributed by atoms with Gasteiger partial charge in [0.25, 0.3) is 0 Å². The van der Waals surface area contributed by atoms with Crippen LogP contribution in [0.15, 0.2) is 5.11 Å². The van der Waals surface area contributed by atoms with Crippen LogP contribution in [0.2, 0.25) is 0 Å². The van der Waals surface area contributed by atoms with E-state index in [9.17, 15) is 4.79 Å². The second-order valence-corrected chi connectivity index (χ2v) is 3.86. The van der Waals surface area contributed by atoms with Crippen LogP contribution in [0.25, 0.3) is 10.4 Å². The zero-order chi connectivity index (χ0) is 14.9. The highest BCUT2D eigenvalue weighted by atomic mass is 16.6. The summed E-state index contributed by atoms with van der Waals surface area (Å²) >= 11 is 0. The smallest absolute Gasteiger partial charge is 0.132 e. The molecule has 0 rings (SSSR count). The Morgan fingerprint density at radius 3 is 1.80 bits per heavy atom. The van der Waals surface area contributed by atoms with E-state index >= 15 is 0 Å². The second kappa shape index (κ2) is 15.9. The highest BCUT2D eigenvalue weighted by Gasteiger charge is 1.94. The Morgan fingerprint density at radius 1 is 0.900 bits per heavy atom. The molecule has 8 nitrogen and oxygen atoms in total. The van der Waals surface area contributed by atoms with Crippen molar-refractivity contribution in [2.75, 3.05) is 59.4 Å². The SMILES string of the molecule is CC(=O)CCOCCOCCOCCOCCN=[N+]=[N-]. The minimum atomic E-state index is 0.126. The van der Waals surface area contributed by atoms with Crippen LogP contribution in [0.3, 0.4) is 0 Å². The van der Waals surface area contributed by atoms with Crippen LogP contribution in [0.5, 0.6) is 0 Å². The van der Waals surface area contributed by atoms with Gasteiger partial charge in [-0.2, -0.15) is 0 Å². The minimum Gasteiger partial charge on any atom is -0.379 e. The Kier molecular flexibility index (Phi) is 14.9. The van der Waals surface area contributed by atoms with Gasteiger partial charge in [0.1, 0.15) is 5.78 Å². The molecule has 0 amide bonds. The summed E-state index contributed by atoms with van der Waals surface area (Å²) < 4.78 is 20.9. The lowest BCUT2D eigenvalue weighted by Gasteiger charge is -2.06. The standard InChI is InChI=1S/C12H23N3O5/c1-12(16)2-4-17-6-8-19-10-11-20-9-7-18-5-3-14-15-13/h2-11H2,1H3. The monoisotopic (exact) mass is 289 g/mol.